The molecule has 3 aromatic rings. The molecule has 0 spiro atoms. The summed E-state index contributed by atoms with van der Waals surface area (Å²) in [6.07, 6.45) is -2.01. The number of halogens is 3. The van der Waals surface area contributed by atoms with Crippen molar-refractivity contribution in [3.8, 4) is 11.6 Å². The number of aromatic amines is 1. The van der Waals surface area contributed by atoms with Crippen molar-refractivity contribution in [2.24, 2.45) is 0 Å². The quantitative estimate of drug-likeness (QED) is 0.770. The van der Waals surface area contributed by atoms with E-state index < -0.39 is 17.5 Å². The third-order valence-electron chi connectivity index (χ3n) is 4.25. The van der Waals surface area contributed by atoms with Crippen LogP contribution in [-0.2, 0) is 5.41 Å². The van der Waals surface area contributed by atoms with E-state index in [1.807, 2.05) is 0 Å². The van der Waals surface area contributed by atoms with Crippen molar-refractivity contribution in [3.63, 3.8) is 0 Å². The zero-order valence-electron chi connectivity index (χ0n) is 12.7. The Bertz CT molecular complexity index is 849. The Morgan fingerprint density at radius 3 is 2.80 bits per heavy atom. The fourth-order valence-corrected chi connectivity index (χ4v) is 2.90. The monoisotopic (exact) mass is 351 g/mol. The molecule has 1 aliphatic heterocycles. The van der Waals surface area contributed by atoms with Crippen LogP contribution in [0.15, 0.2) is 35.2 Å². The van der Waals surface area contributed by atoms with Gasteiger partial charge in [-0.3, -0.25) is 5.10 Å². The number of aromatic nitrogens is 6. The van der Waals surface area contributed by atoms with Gasteiger partial charge in [-0.1, -0.05) is 11.2 Å². The van der Waals surface area contributed by atoms with Crippen molar-refractivity contribution in [1.29, 1.82) is 0 Å². The molecule has 0 saturated carbocycles. The van der Waals surface area contributed by atoms with Crippen LogP contribution in [0, 0.1) is 0 Å². The zero-order valence-corrected chi connectivity index (χ0v) is 12.7. The normalized spacial score (nSPS) is 21.0. The predicted molar refractivity (Wildman–Crippen MR) is 78.5 cm³/mol. The first-order valence-corrected chi connectivity index (χ1v) is 7.42. The lowest BCUT2D eigenvalue weighted by Gasteiger charge is -2.28. The van der Waals surface area contributed by atoms with Crippen LogP contribution in [0.3, 0.4) is 0 Å². The van der Waals surface area contributed by atoms with E-state index in [0.29, 0.717) is 5.82 Å². The van der Waals surface area contributed by atoms with Gasteiger partial charge in [0.25, 0.3) is 0 Å². The highest BCUT2D eigenvalue weighted by molar-refractivity contribution is 5.44. The topological polar surface area (TPSA) is 96.6 Å². The molecule has 1 aliphatic rings. The summed E-state index contributed by atoms with van der Waals surface area (Å²) in [4.78, 5) is 13.4. The molecule has 0 bridgehead atoms. The highest BCUT2D eigenvalue weighted by atomic mass is 19.4. The first-order valence-electron chi connectivity index (χ1n) is 7.42. The van der Waals surface area contributed by atoms with Gasteiger partial charge in [0.1, 0.15) is 12.1 Å². The second-order valence-corrected chi connectivity index (χ2v) is 5.70. The zero-order chi connectivity index (χ0) is 17.5. The molecular weight excluding hydrogens is 339 g/mol. The van der Waals surface area contributed by atoms with Crippen molar-refractivity contribution in [1.82, 2.24) is 30.3 Å². The second-order valence-electron chi connectivity index (χ2n) is 5.70. The Morgan fingerprint density at radius 1 is 1.24 bits per heavy atom. The van der Waals surface area contributed by atoms with Gasteiger partial charge in [-0.15, -0.1) is 0 Å². The average Bonchev–Trinajstić information content (AvgIpc) is 3.33. The number of anilines is 1. The molecule has 130 valence electrons. The summed E-state index contributed by atoms with van der Waals surface area (Å²) in [5, 5.41) is 9.73. The van der Waals surface area contributed by atoms with Crippen molar-refractivity contribution in [3.05, 3.63) is 36.6 Å². The minimum absolute atomic E-state index is 0.0626. The first kappa shape index (κ1) is 15.5. The molecule has 1 unspecified atom stereocenters. The molecule has 25 heavy (non-hydrogen) atoms. The van der Waals surface area contributed by atoms with E-state index in [0.717, 1.165) is 0 Å². The van der Waals surface area contributed by atoms with Crippen molar-refractivity contribution in [2.75, 3.05) is 18.0 Å². The number of hydrogen-bond acceptors (Lipinski definition) is 7. The summed E-state index contributed by atoms with van der Waals surface area (Å²) < 4.78 is 46.8. The lowest BCUT2D eigenvalue weighted by Crippen LogP contribution is -2.45. The fourth-order valence-electron chi connectivity index (χ4n) is 2.90. The maximum Gasteiger partial charge on any atom is 0.405 e. The molecule has 1 fully saturated rings. The van der Waals surface area contributed by atoms with Gasteiger partial charge in [0.2, 0.25) is 11.7 Å². The summed E-state index contributed by atoms with van der Waals surface area (Å²) in [6.45, 7) is -0.165. The minimum atomic E-state index is -4.55. The van der Waals surface area contributed by atoms with Gasteiger partial charge in [0, 0.05) is 19.3 Å². The molecule has 4 heterocycles. The Labute approximate surface area is 139 Å². The minimum Gasteiger partial charge on any atom is -0.355 e. The van der Waals surface area contributed by atoms with Gasteiger partial charge >= 0.3 is 6.18 Å². The van der Waals surface area contributed by atoms with Gasteiger partial charge in [0.05, 0.1) is 0 Å². The number of nitrogens with one attached hydrogen (secondary N) is 1. The van der Waals surface area contributed by atoms with Gasteiger partial charge in [-0.25, -0.2) is 9.97 Å². The van der Waals surface area contributed by atoms with E-state index in [9.17, 15) is 13.2 Å². The molecule has 1 atom stereocenters. The lowest BCUT2D eigenvalue weighted by atomic mass is 9.86. The van der Waals surface area contributed by atoms with Gasteiger partial charge < -0.3 is 9.42 Å². The van der Waals surface area contributed by atoms with E-state index >= 15 is 0 Å². The molecule has 0 aromatic carbocycles. The number of nitrogens with zero attached hydrogens (tertiary/aromatic N) is 6. The number of alkyl halides is 3. The summed E-state index contributed by atoms with van der Waals surface area (Å²) >= 11 is 0. The van der Waals surface area contributed by atoms with E-state index in [2.05, 4.69) is 30.3 Å². The van der Waals surface area contributed by atoms with Crippen LogP contribution in [0.25, 0.3) is 11.6 Å². The third-order valence-corrected chi connectivity index (χ3v) is 4.25. The Kier molecular flexibility index (Phi) is 3.44. The summed E-state index contributed by atoms with van der Waals surface area (Å²) in [7, 11) is 0. The van der Waals surface area contributed by atoms with Crippen LogP contribution in [0.5, 0.6) is 0 Å². The average molecular weight is 351 g/mol. The Morgan fingerprint density at radius 2 is 2.12 bits per heavy atom. The highest BCUT2D eigenvalue weighted by Gasteiger charge is 2.63. The van der Waals surface area contributed by atoms with Crippen molar-refractivity contribution >= 4 is 5.82 Å². The SMILES string of the molecule is FC(F)(F)C1(c2nc(-c3ncn[nH]3)no2)CCN(c2ccccn2)C1. The van der Waals surface area contributed by atoms with Gasteiger partial charge in [0.15, 0.2) is 11.2 Å². The summed E-state index contributed by atoms with van der Waals surface area (Å²) in [6, 6.07) is 5.10. The molecule has 3 aromatic heterocycles. The smallest absolute Gasteiger partial charge is 0.355 e. The molecule has 11 heteroatoms. The maximum absolute atomic E-state index is 13.9. The van der Waals surface area contributed by atoms with E-state index in [4.69, 9.17) is 4.52 Å². The molecule has 4 rings (SSSR count). The van der Waals surface area contributed by atoms with Crippen LogP contribution >= 0.6 is 0 Å². The Balaban J connectivity index is 1.70. The van der Waals surface area contributed by atoms with Crippen molar-refractivity contribution in [2.45, 2.75) is 18.0 Å². The molecular formula is C14H12F3N7O. The van der Waals surface area contributed by atoms with Gasteiger partial charge in [-0.2, -0.15) is 23.3 Å². The molecule has 0 radical (unpaired) electrons. The van der Waals surface area contributed by atoms with E-state index in [-0.39, 0.29) is 31.2 Å². The number of hydrogen-bond donors (Lipinski definition) is 1. The van der Waals surface area contributed by atoms with E-state index in [1.54, 1.807) is 23.1 Å². The van der Waals surface area contributed by atoms with Crippen LogP contribution in [-0.4, -0.2) is 49.6 Å². The van der Waals surface area contributed by atoms with Gasteiger partial charge in [-0.05, 0) is 18.6 Å². The van der Waals surface area contributed by atoms with Crippen LogP contribution in [0.1, 0.15) is 12.3 Å². The Hall–Kier alpha value is -2.98. The molecule has 0 aliphatic carbocycles. The number of H-pyrrole nitrogens is 1. The van der Waals surface area contributed by atoms with Crippen LogP contribution in [0.4, 0.5) is 19.0 Å². The standard InChI is InChI=1S/C14H12F3N7O/c15-14(16,17)13(4-6-24(7-13)9-3-1-2-5-18-9)12-21-11(23-25-12)10-19-8-20-22-10/h1-3,5,8H,4,6-7H2,(H,19,20,22). The lowest BCUT2D eigenvalue weighted by molar-refractivity contribution is -0.191. The highest BCUT2D eigenvalue weighted by Crippen LogP contribution is 2.47. The van der Waals surface area contributed by atoms with Crippen LogP contribution in [0.2, 0.25) is 0 Å². The number of rotatable bonds is 3. The second kappa shape index (κ2) is 5.53. The maximum atomic E-state index is 13.9. The van der Waals surface area contributed by atoms with Crippen molar-refractivity contribution < 1.29 is 17.7 Å². The summed E-state index contributed by atoms with van der Waals surface area (Å²) in [5.74, 6) is 0.0766. The first-order chi connectivity index (χ1) is 12.0. The largest absolute Gasteiger partial charge is 0.405 e. The molecule has 1 N–H and O–H groups in total. The predicted octanol–water partition coefficient (Wildman–Crippen LogP) is 1.96. The third kappa shape index (κ3) is 2.51. The van der Waals surface area contributed by atoms with Crippen LogP contribution < -0.4 is 4.90 Å². The molecule has 0 amide bonds. The number of pyridine rings is 1. The molecule has 8 nitrogen and oxygen atoms in total. The fraction of sp³-hybridized carbons (Fsp3) is 0.357. The summed E-state index contributed by atoms with van der Waals surface area (Å²) in [5.41, 5.74) is -2.25. The molecule has 1 saturated heterocycles. The van der Waals surface area contributed by atoms with E-state index in [1.165, 1.54) is 12.5 Å².